The van der Waals surface area contributed by atoms with Gasteiger partial charge in [0.2, 0.25) is 0 Å². The fourth-order valence-corrected chi connectivity index (χ4v) is 2.20. The van der Waals surface area contributed by atoms with E-state index in [2.05, 4.69) is 0 Å². The van der Waals surface area contributed by atoms with Crippen LogP contribution in [-0.2, 0) is 6.18 Å². The van der Waals surface area contributed by atoms with Crippen LogP contribution in [0.4, 0.5) is 13.2 Å². The van der Waals surface area contributed by atoms with Crippen molar-refractivity contribution in [2.24, 2.45) is 11.7 Å². The minimum absolute atomic E-state index is 0.143. The molecule has 1 aliphatic carbocycles. The Morgan fingerprint density at radius 2 is 1.81 bits per heavy atom. The van der Waals surface area contributed by atoms with Crippen molar-refractivity contribution in [2.75, 3.05) is 0 Å². The molecular weight excluding hydrogens is 328 g/mol. The molecule has 0 aliphatic heterocycles. The largest absolute Gasteiger partial charge is 0.438 e. The van der Waals surface area contributed by atoms with E-state index in [1.807, 2.05) is 0 Å². The van der Waals surface area contributed by atoms with Gasteiger partial charge in [-0.05, 0) is 25.0 Å². The normalized spacial score (nSPS) is 16.0. The van der Waals surface area contributed by atoms with E-state index in [-0.39, 0.29) is 27.6 Å². The van der Waals surface area contributed by atoms with Crippen molar-refractivity contribution >= 4 is 28.9 Å². The fourth-order valence-electron chi connectivity index (χ4n) is 1.63. The molecule has 1 aromatic rings. The third-order valence-electron chi connectivity index (χ3n) is 2.86. The monoisotopic (exact) mass is 338 g/mol. The van der Waals surface area contributed by atoms with Gasteiger partial charge >= 0.3 is 6.18 Å². The van der Waals surface area contributed by atoms with Crippen molar-refractivity contribution in [1.82, 2.24) is 0 Å². The first-order valence-electron chi connectivity index (χ1n) is 5.98. The molecule has 1 fully saturated rings. The van der Waals surface area contributed by atoms with Crippen molar-refractivity contribution in [3.8, 4) is 5.75 Å². The summed E-state index contributed by atoms with van der Waals surface area (Å²) in [7, 11) is 0. The standard InChI is InChI=1S/C13H11Cl2F3N2O/c14-8-3-7(13(16,17)18)4-9(15)12(8)21-11(20)5-10(19)6-1-2-6/h3-6,19H,1-2,20H2. The highest BCUT2D eigenvalue weighted by Gasteiger charge is 2.32. The lowest BCUT2D eigenvalue weighted by atomic mass is 10.2. The van der Waals surface area contributed by atoms with Gasteiger partial charge in [-0.15, -0.1) is 0 Å². The molecule has 0 saturated heterocycles. The Morgan fingerprint density at radius 1 is 1.29 bits per heavy atom. The molecule has 0 heterocycles. The number of hydrogen-bond acceptors (Lipinski definition) is 3. The molecule has 0 unspecified atom stereocenters. The SMILES string of the molecule is N=C(C=C(N)Oc1c(Cl)cc(C(F)(F)F)cc1Cl)C1CC1. The number of benzene rings is 1. The van der Waals surface area contributed by atoms with Crippen LogP contribution < -0.4 is 10.5 Å². The predicted octanol–water partition coefficient (Wildman–Crippen LogP) is 4.62. The van der Waals surface area contributed by atoms with E-state index in [9.17, 15) is 13.2 Å². The Bertz CT molecular complexity index is 587. The number of rotatable bonds is 4. The summed E-state index contributed by atoms with van der Waals surface area (Å²) >= 11 is 11.5. The van der Waals surface area contributed by atoms with Crippen LogP contribution >= 0.6 is 23.2 Å². The van der Waals surface area contributed by atoms with E-state index in [0.717, 1.165) is 12.8 Å². The first-order chi connectivity index (χ1) is 9.68. The highest BCUT2D eigenvalue weighted by atomic mass is 35.5. The Labute approximate surface area is 129 Å². The molecule has 0 aromatic heterocycles. The van der Waals surface area contributed by atoms with Gasteiger partial charge in [-0.25, -0.2) is 0 Å². The van der Waals surface area contributed by atoms with Gasteiger partial charge in [0.15, 0.2) is 11.6 Å². The maximum absolute atomic E-state index is 12.6. The fraction of sp³-hybridized carbons (Fsp3) is 0.308. The van der Waals surface area contributed by atoms with Crippen LogP contribution in [0.5, 0.6) is 5.75 Å². The van der Waals surface area contributed by atoms with Crippen molar-refractivity contribution in [3.63, 3.8) is 0 Å². The second kappa shape index (κ2) is 5.77. The van der Waals surface area contributed by atoms with Crippen molar-refractivity contribution in [1.29, 1.82) is 5.41 Å². The molecule has 3 nitrogen and oxygen atoms in total. The number of halogens is 5. The number of hydrogen-bond donors (Lipinski definition) is 2. The average molecular weight is 339 g/mol. The Kier molecular flexibility index (Phi) is 4.39. The summed E-state index contributed by atoms with van der Waals surface area (Å²) in [6, 6.07) is 1.42. The quantitative estimate of drug-likeness (QED) is 0.621. The second-order valence-electron chi connectivity index (χ2n) is 4.65. The van der Waals surface area contributed by atoms with E-state index in [4.69, 9.17) is 39.1 Å². The second-order valence-corrected chi connectivity index (χ2v) is 5.46. The lowest BCUT2D eigenvalue weighted by Gasteiger charge is -2.13. The summed E-state index contributed by atoms with van der Waals surface area (Å²) in [5, 5.41) is 7.07. The van der Waals surface area contributed by atoms with Crippen molar-refractivity contribution < 1.29 is 17.9 Å². The minimum Gasteiger partial charge on any atom is -0.438 e. The number of nitrogens with one attached hydrogen (secondary N) is 1. The van der Waals surface area contributed by atoms with Crippen LogP contribution in [-0.4, -0.2) is 5.71 Å². The van der Waals surface area contributed by atoms with Gasteiger partial charge in [0, 0.05) is 17.7 Å². The molecular formula is C13H11Cl2F3N2O. The van der Waals surface area contributed by atoms with Crippen LogP contribution in [0.25, 0.3) is 0 Å². The van der Waals surface area contributed by atoms with Crippen LogP contribution in [0.3, 0.4) is 0 Å². The summed E-state index contributed by atoms with van der Waals surface area (Å²) in [6.07, 6.45) is -1.40. The topological polar surface area (TPSA) is 59.1 Å². The Balaban J connectivity index is 2.22. The highest BCUT2D eigenvalue weighted by Crippen LogP contribution is 2.40. The maximum atomic E-state index is 12.6. The zero-order chi connectivity index (χ0) is 15.8. The Morgan fingerprint density at radius 3 is 2.24 bits per heavy atom. The summed E-state index contributed by atoms with van der Waals surface area (Å²) in [4.78, 5) is 0. The smallest absolute Gasteiger partial charge is 0.416 e. The van der Waals surface area contributed by atoms with Gasteiger partial charge in [-0.1, -0.05) is 23.2 Å². The lowest BCUT2D eigenvalue weighted by molar-refractivity contribution is -0.137. The molecule has 0 amide bonds. The van der Waals surface area contributed by atoms with E-state index in [0.29, 0.717) is 17.8 Å². The molecule has 1 saturated carbocycles. The lowest BCUT2D eigenvalue weighted by Crippen LogP contribution is -2.11. The number of ether oxygens (including phenoxy) is 1. The maximum Gasteiger partial charge on any atom is 0.416 e. The van der Waals surface area contributed by atoms with Crippen LogP contribution in [0, 0.1) is 11.3 Å². The molecule has 21 heavy (non-hydrogen) atoms. The predicted molar refractivity (Wildman–Crippen MR) is 74.8 cm³/mol. The van der Waals surface area contributed by atoms with Gasteiger partial charge in [0.1, 0.15) is 0 Å². The molecule has 1 aliphatic rings. The Hall–Kier alpha value is -1.40. The van der Waals surface area contributed by atoms with Gasteiger partial charge in [-0.2, -0.15) is 13.2 Å². The molecule has 0 atom stereocenters. The summed E-state index contributed by atoms with van der Waals surface area (Å²) in [5.41, 5.74) is 4.93. The summed E-state index contributed by atoms with van der Waals surface area (Å²) in [6.45, 7) is 0. The zero-order valence-corrected chi connectivity index (χ0v) is 12.1. The molecule has 0 spiro atoms. The van der Waals surface area contributed by atoms with Gasteiger partial charge in [0.05, 0.1) is 15.6 Å². The number of nitrogens with two attached hydrogens (primary N) is 1. The number of alkyl halides is 3. The average Bonchev–Trinajstić information content (AvgIpc) is 3.16. The highest BCUT2D eigenvalue weighted by molar-refractivity contribution is 6.37. The molecule has 0 radical (unpaired) electrons. The zero-order valence-electron chi connectivity index (χ0n) is 10.6. The first kappa shape index (κ1) is 16.0. The van der Waals surface area contributed by atoms with Crippen molar-refractivity contribution in [3.05, 3.63) is 39.7 Å². The van der Waals surface area contributed by atoms with E-state index >= 15 is 0 Å². The van der Waals surface area contributed by atoms with Crippen LogP contribution in [0.15, 0.2) is 24.1 Å². The summed E-state index contributed by atoms with van der Waals surface area (Å²) < 4.78 is 42.9. The van der Waals surface area contributed by atoms with Gasteiger partial charge in [-0.3, -0.25) is 0 Å². The van der Waals surface area contributed by atoms with Crippen molar-refractivity contribution in [2.45, 2.75) is 19.0 Å². The minimum atomic E-state index is -4.55. The molecule has 3 N–H and O–H groups in total. The third-order valence-corrected chi connectivity index (χ3v) is 3.42. The van der Waals surface area contributed by atoms with Gasteiger partial charge < -0.3 is 15.9 Å². The van der Waals surface area contributed by atoms with E-state index in [1.54, 1.807) is 0 Å². The van der Waals surface area contributed by atoms with Crippen LogP contribution in [0.1, 0.15) is 18.4 Å². The molecule has 8 heteroatoms. The van der Waals surface area contributed by atoms with E-state index < -0.39 is 11.7 Å². The molecule has 2 rings (SSSR count). The van der Waals surface area contributed by atoms with Gasteiger partial charge in [0.25, 0.3) is 0 Å². The molecule has 1 aromatic carbocycles. The van der Waals surface area contributed by atoms with E-state index in [1.165, 1.54) is 6.08 Å². The molecule has 114 valence electrons. The number of allylic oxidation sites excluding steroid dienone is 1. The van der Waals surface area contributed by atoms with Crippen LogP contribution in [0.2, 0.25) is 10.0 Å². The molecule has 0 bridgehead atoms. The first-order valence-corrected chi connectivity index (χ1v) is 6.73. The third kappa shape index (κ3) is 4.04. The summed E-state index contributed by atoms with van der Waals surface area (Å²) in [5.74, 6) is -0.134.